The highest BCUT2D eigenvalue weighted by atomic mass is 35.5. The standard InChI is InChI=1S/C23H31ClN4O4/c1-15(29)27-21(12-16-4-2-3-5-16)23(32)28-20(11-10-19(30)13-25)22(31)26-14-17-6-8-18(24)9-7-17/h6-9,13,16,20-21,25H,2-5,10-12,14H2,1H3,(H,26,31)(H,27,29)(H,28,32)/t20-,21-/m0/s1. The number of nitrogens with one attached hydrogen (secondary N) is 4. The number of benzene rings is 1. The molecule has 2 atom stereocenters. The summed E-state index contributed by atoms with van der Waals surface area (Å²) < 4.78 is 0. The molecule has 0 radical (unpaired) electrons. The predicted molar refractivity (Wildman–Crippen MR) is 122 cm³/mol. The highest BCUT2D eigenvalue weighted by Crippen LogP contribution is 2.28. The highest BCUT2D eigenvalue weighted by Gasteiger charge is 2.29. The molecular weight excluding hydrogens is 432 g/mol. The van der Waals surface area contributed by atoms with E-state index in [4.69, 9.17) is 17.0 Å². The molecule has 1 saturated carbocycles. The van der Waals surface area contributed by atoms with E-state index >= 15 is 0 Å². The number of hydrogen-bond acceptors (Lipinski definition) is 5. The van der Waals surface area contributed by atoms with Crippen molar-refractivity contribution in [3.63, 3.8) is 0 Å². The average molecular weight is 463 g/mol. The minimum atomic E-state index is -0.960. The molecule has 1 aliphatic rings. The number of hydrogen-bond donors (Lipinski definition) is 4. The van der Waals surface area contributed by atoms with E-state index in [2.05, 4.69) is 16.0 Å². The van der Waals surface area contributed by atoms with Gasteiger partial charge in [0.2, 0.25) is 17.7 Å². The van der Waals surface area contributed by atoms with Gasteiger partial charge >= 0.3 is 0 Å². The smallest absolute Gasteiger partial charge is 0.243 e. The summed E-state index contributed by atoms with van der Waals surface area (Å²) in [6, 6.07) is 5.30. The van der Waals surface area contributed by atoms with Gasteiger partial charge in [0.15, 0.2) is 5.78 Å². The Morgan fingerprint density at radius 2 is 1.72 bits per heavy atom. The fourth-order valence-corrected chi connectivity index (χ4v) is 4.00. The number of carbonyl (C=O) groups excluding carboxylic acids is 4. The van der Waals surface area contributed by atoms with E-state index in [0.717, 1.165) is 31.2 Å². The summed E-state index contributed by atoms with van der Waals surface area (Å²) in [5.41, 5.74) is 0.834. The van der Waals surface area contributed by atoms with Crippen LogP contribution in [0.1, 0.15) is 57.4 Å². The second kappa shape index (κ2) is 13.0. The molecule has 0 aliphatic heterocycles. The van der Waals surface area contributed by atoms with Crippen LogP contribution in [0, 0.1) is 11.3 Å². The van der Waals surface area contributed by atoms with Crippen LogP contribution >= 0.6 is 11.6 Å². The van der Waals surface area contributed by atoms with Crippen molar-refractivity contribution in [3.8, 4) is 0 Å². The molecular formula is C23H31ClN4O4. The minimum absolute atomic E-state index is 0.0454. The monoisotopic (exact) mass is 462 g/mol. The number of amides is 3. The van der Waals surface area contributed by atoms with Crippen LogP contribution in [0.25, 0.3) is 0 Å². The van der Waals surface area contributed by atoms with Crippen molar-refractivity contribution in [1.82, 2.24) is 16.0 Å². The molecule has 1 fully saturated rings. The second-order valence-corrected chi connectivity index (χ2v) is 8.63. The van der Waals surface area contributed by atoms with Crippen LogP contribution in [0.3, 0.4) is 0 Å². The molecule has 0 aromatic heterocycles. The van der Waals surface area contributed by atoms with Crippen LogP contribution in [0.4, 0.5) is 0 Å². The first-order valence-electron chi connectivity index (χ1n) is 10.9. The Balaban J connectivity index is 2.04. The molecule has 1 aliphatic carbocycles. The molecule has 3 amide bonds. The lowest BCUT2D eigenvalue weighted by atomic mass is 9.97. The van der Waals surface area contributed by atoms with Crippen LogP contribution in [0.2, 0.25) is 5.02 Å². The van der Waals surface area contributed by atoms with Crippen molar-refractivity contribution in [2.24, 2.45) is 5.92 Å². The van der Waals surface area contributed by atoms with Gasteiger partial charge < -0.3 is 21.4 Å². The normalized spacial score (nSPS) is 15.4. The van der Waals surface area contributed by atoms with Crippen LogP contribution in [-0.2, 0) is 25.7 Å². The highest BCUT2D eigenvalue weighted by molar-refractivity contribution is 6.30. The number of rotatable bonds is 12. The topological polar surface area (TPSA) is 128 Å². The van der Waals surface area contributed by atoms with Crippen LogP contribution in [0.15, 0.2) is 24.3 Å². The van der Waals surface area contributed by atoms with Crippen molar-refractivity contribution in [3.05, 3.63) is 34.9 Å². The molecule has 0 heterocycles. The quantitative estimate of drug-likeness (QED) is 0.356. The fourth-order valence-electron chi connectivity index (χ4n) is 3.87. The van der Waals surface area contributed by atoms with Gasteiger partial charge in [-0.1, -0.05) is 49.4 Å². The van der Waals surface area contributed by atoms with Crippen molar-refractivity contribution in [2.45, 2.75) is 70.5 Å². The molecule has 4 N–H and O–H groups in total. The number of carbonyl (C=O) groups is 4. The Morgan fingerprint density at radius 3 is 2.31 bits per heavy atom. The van der Waals surface area contributed by atoms with Crippen molar-refractivity contribution in [2.75, 3.05) is 0 Å². The Hall–Kier alpha value is -2.74. The summed E-state index contributed by atoms with van der Waals surface area (Å²) in [6.07, 6.45) is 5.49. The third kappa shape index (κ3) is 8.78. The second-order valence-electron chi connectivity index (χ2n) is 8.19. The summed E-state index contributed by atoms with van der Waals surface area (Å²) in [5, 5.41) is 15.8. The number of Topliss-reactive ketones (excluding diaryl/α,β-unsaturated/α-hetero) is 1. The van der Waals surface area contributed by atoms with Gasteiger partial charge in [-0.15, -0.1) is 0 Å². The van der Waals surface area contributed by atoms with Crippen molar-refractivity contribution >= 4 is 41.3 Å². The number of halogens is 1. The SMILES string of the molecule is CC(=O)N[C@@H](CC1CCCC1)C(=O)N[C@@H](CCC(=O)C=N)C(=O)NCc1ccc(Cl)cc1. The van der Waals surface area contributed by atoms with Gasteiger partial charge in [0.05, 0.1) is 6.21 Å². The van der Waals surface area contributed by atoms with Crippen molar-refractivity contribution < 1.29 is 19.2 Å². The predicted octanol–water partition coefficient (Wildman–Crippen LogP) is 2.52. The first-order valence-corrected chi connectivity index (χ1v) is 11.3. The van der Waals surface area contributed by atoms with E-state index in [1.165, 1.54) is 6.92 Å². The van der Waals surface area contributed by atoms with Gasteiger partial charge in [-0.2, -0.15) is 0 Å². The van der Waals surface area contributed by atoms with Crippen LogP contribution in [0.5, 0.6) is 0 Å². The summed E-state index contributed by atoms with van der Waals surface area (Å²) >= 11 is 5.88. The van der Waals surface area contributed by atoms with Crippen LogP contribution in [-0.4, -0.2) is 41.8 Å². The Kier molecular flexibility index (Phi) is 10.3. The molecule has 1 aromatic carbocycles. The van der Waals surface area contributed by atoms with Crippen LogP contribution < -0.4 is 16.0 Å². The fraction of sp³-hybridized carbons (Fsp3) is 0.522. The van der Waals surface area contributed by atoms with Gasteiger partial charge in [-0.3, -0.25) is 19.2 Å². The van der Waals surface area contributed by atoms with E-state index < -0.39 is 29.7 Å². The number of ketones is 1. The maximum atomic E-state index is 13.0. The molecule has 0 saturated heterocycles. The molecule has 8 nitrogen and oxygen atoms in total. The third-order valence-electron chi connectivity index (χ3n) is 5.59. The first kappa shape index (κ1) is 25.5. The summed E-state index contributed by atoms with van der Waals surface area (Å²) in [4.78, 5) is 49.0. The lowest BCUT2D eigenvalue weighted by Gasteiger charge is -2.24. The minimum Gasteiger partial charge on any atom is -0.350 e. The molecule has 32 heavy (non-hydrogen) atoms. The molecule has 174 valence electrons. The molecule has 0 bridgehead atoms. The zero-order valence-corrected chi connectivity index (χ0v) is 19.0. The van der Waals surface area contributed by atoms with Gasteiger partial charge in [0.1, 0.15) is 12.1 Å². The zero-order chi connectivity index (χ0) is 23.5. The molecule has 0 spiro atoms. The Morgan fingerprint density at radius 1 is 1.06 bits per heavy atom. The van der Waals surface area contributed by atoms with Gasteiger partial charge in [0, 0.05) is 24.9 Å². The Bertz CT molecular complexity index is 822. The molecule has 9 heteroatoms. The summed E-state index contributed by atoms with van der Waals surface area (Å²) in [7, 11) is 0. The van der Waals surface area contributed by atoms with E-state index in [9.17, 15) is 19.2 Å². The molecule has 2 rings (SSSR count). The van der Waals surface area contributed by atoms with E-state index in [1.54, 1.807) is 24.3 Å². The van der Waals surface area contributed by atoms with E-state index in [-0.39, 0.29) is 25.3 Å². The van der Waals surface area contributed by atoms with Crippen molar-refractivity contribution in [1.29, 1.82) is 5.41 Å². The average Bonchev–Trinajstić information content (AvgIpc) is 3.28. The lowest BCUT2D eigenvalue weighted by Crippen LogP contribution is -2.53. The molecule has 0 unspecified atom stereocenters. The first-order chi connectivity index (χ1) is 15.3. The van der Waals surface area contributed by atoms with E-state index in [0.29, 0.717) is 23.6 Å². The summed E-state index contributed by atoms with van der Waals surface area (Å²) in [5.74, 6) is -1.27. The van der Waals surface area contributed by atoms with Gasteiger partial charge in [-0.25, -0.2) is 0 Å². The Labute approximate surface area is 193 Å². The lowest BCUT2D eigenvalue weighted by molar-refractivity contribution is -0.132. The van der Waals surface area contributed by atoms with Gasteiger partial charge in [-0.05, 0) is 36.5 Å². The van der Waals surface area contributed by atoms with E-state index in [1.807, 2.05) is 0 Å². The molecule has 1 aromatic rings. The maximum absolute atomic E-state index is 13.0. The summed E-state index contributed by atoms with van der Waals surface area (Å²) in [6.45, 7) is 1.59. The zero-order valence-electron chi connectivity index (χ0n) is 18.3. The maximum Gasteiger partial charge on any atom is 0.243 e. The largest absolute Gasteiger partial charge is 0.350 e. The third-order valence-corrected chi connectivity index (χ3v) is 5.84. The van der Waals surface area contributed by atoms with Gasteiger partial charge in [0.25, 0.3) is 0 Å².